The van der Waals surface area contributed by atoms with Gasteiger partial charge < -0.3 is 19.5 Å². The summed E-state index contributed by atoms with van der Waals surface area (Å²) in [7, 11) is 1.30. The summed E-state index contributed by atoms with van der Waals surface area (Å²) in [6.07, 6.45) is 2.67. The van der Waals surface area contributed by atoms with Gasteiger partial charge in [-0.1, -0.05) is 0 Å². The van der Waals surface area contributed by atoms with Crippen molar-refractivity contribution >= 4 is 11.8 Å². The van der Waals surface area contributed by atoms with Crippen molar-refractivity contribution in [1.82, 2.24) is 9.97 Å². The summed E-state index contributed by atoms with van der Waals surface area (Å²) in [5, 5.41) is 9.19. The van der Waals surface area contributed by atoms with Crippen LogP contribution in [0.3, 0.4) is 0 Å². The number of hydrogen-bond acceptors (Lipinski definition) is 7. The highest BCUT2D eigenvalue weighted by Gasteiger charge is 2.26. The van der Waals surface area contributed by atoms with Gasteiger partial charge in [-0.3, -0.25) is 4.98 Å². The highest BCUT2D eigenvalue weighted by Crippen LogP contribution is 2.17. The number of aliphatic hydroxyl groups excluding tert-OH is 1. The predicted octanol–water partition coefficient (Wildman–Crippen LogP) is -0.151. The summed E-state index contributed by atoms with van der Waals surface area (Å²) in [4.78, 5) is 21.6. The molecular weight excluding hydrogens is 250 g/mol. The van der Waals surface area contributed by atoms with Crippen molar-refractivity contribution in [1.29, 1.82) is 0 Å². The largest absolute Gasteiger partial charge is 0.464 e. The van der Waals surface area contributed by atoms with E-state index >= 15 is 0 Å². The van der Waals surface area contributed by atoms with E-state index in [-0.39, 0.29) is 24.5 Å². The van der Waals surface area contributed by atoms with E-state index in [0.717, 1.165) is 0 Å². The SMILES string of the molecule is COC(=O)c1cncc(N2CC(C)OC(CO)C2)n1. The minimum atomic E-state index is -0.519. The number of aromatic nitrogens is 2. The molecule has 1 saturated heterocycles. The van der Waals surface area contributed by atoms with Gasteiger partial charge in [0.15, 0.2) is 5.69 Å². The van der Waals surface area contributed by atoms with E-state index in [9.17, 15) is 9.90 Å². The van der Waals surface area contributed by atoms with Crippen molar-refractivity contribution < 1.29 is 19.4 Å². The third kappa shape index (κ3) is 3.18. The van der Waals surface area contributed by atoms with Crippen molar-refractivity contribution in [2.24, 2.45) is 0 Å². The van der Waals surface area contributed by atoms with E-state index in [0.29, 0.717) is 18.9 Å². The normalized spacial score (nSPS) is 23.2. The maximum absolute atomic E-state index is 11.4. The van der Waals surface area contributed by atoms with Gasteiger partial charge in [0.05, 0.1) is 38.3 Å². The molecule has 2 atom stereocenters. The van der Waals surface area contributed by atoms with Gasteiger partial charge in [-0.05, 0) is 6.92 Å². The molecule has 2 heterocycles. The number of morpholine rings is 1. The number of esters is 1. The minimum absolute atomic E-state index is 0.0190. The van der Waals surface area contributed by atoms with Crippen LogP contribution in [0.5, 0.6) is 0 Å². The number of carbonyl (C=O) groups is 1. The molecule has 1 aromatic heterocycles. The Morgan fingerprint density at radius 3 is 3.05 bits per heavy atom. The van der Waals surface area contributed by atoms with E-state index in [1.807, 2.05) is 11.8 Å². The van der Waals surface area contributed by atoms with Crippen LogP contribution >= 0.6 is 0 Å². The Labute approximate surface area is 111 Å². The molecule has 0 aromatic carbocycles. The standard InChI is InChI=1S/C12H17N3O4/c1-8-5-15(6-9(7-16)19-8)11-4-13-3-10(14-11)12(17)18-2/h3-4,8-9,16H,5-7H2,1-2H3. The molecule has 2 unspecified atom stereocenters. The summed E-state index contributed by atoms with van der Waals surface area (Å²) in [5.74, 6) is 0.0610. The smallest absolute Gasteiger partial charge is 0.358 e. The zero-order valence-electron chi connectivity index (χ0n) is 10.9. The van der Waals surface area contributed by atoms with Crippen molar-refractivity contribution in [3.8, 4) is 0 Å². The molecule has 0 bridgehead atoms. The summed E-state index contributed by atoms with van der Waals surface area (Å²) >= 11 is 0. The van der Waals surface area contributed by atoms with Gasteiger partial charge in [0.1, 0.15) is 5.82 Å². The van der Waals surface area contributed by atoms with E-state index in [1.54, 1.807) is 6.20 Å². The first-order chi connectivity index (χ1) is 9.13. The summed E-state index contributed by atoms with van der Waals surface area (Å²) in [6.45, 7) is 3.02. The van der Waals surface area contributed by atoms with Gasteiger partial charge in [-0.25, -0.2) is 9.78 Å². The van der Waals surface area contributed by atoms with Crippen LogP contribution in [0, 0.1) is 0 Å². The van der Waals surface area contributed by atoms with Crippen LogP contribution in [-0.2, 0) is 9.47 Å². The van der Waals surface area contributed by atoms with E-state index in [2.05, 4.69) is 14.7 Å². The lowest BCUT2D eigenvalue weighted by molar-refractivity contribution is -0.0423. The molecule has 1 N–H and O–H groups in total. The molecule has 2 rings (SSSR count). The van der Waals surface area contributed by atoms with Crippen LogP contribution in [0.15, 0.2) is 12.4 Å². The first-order valence-corrected chi connectivity index (χ1v) is 6.05. The Hall–Kier alpha value is -1.73. The second-order valence-electron chi connectivity index (χ2n) is 4.41. The molecular formula is C12H17N3O4. The van der Waals surface area contributed by atoms with E-state index in [4.69, 9.17) is 4.74 Å². The highest BCUT2D eigenvalue weighted by atomic mass is 16.5. The fourth-order valence-electron chi connectivity index (χ4n) is 2.04. The second-order valence-corrected chi connectivity index (χ2v) is 4.41. The zero-order valence-corrected chi connectivity index (χ0v) is 10.9. The minimum Gasteiger partial charge on any atom is -0.464 e. The van der Waals surface area contributed by atoms with Crippen molar-refractivity contribution in [2.45, 2.75) is 19.1 Å². The second kappa shape index (κ2) is 5.94. The zero-order chi connectivity index (χ0) is 13.8. The maximum atomic E-state index is 11.4. The lowest BCUT2D eigenvalue weighted by Gasteiger charge is -2.36. The average molecular weight is 267 g/mol. The first-order valence-electron chi connectivity index (χ1n) is 6.05. The molecule has 0 saturated carbocycles. The molecule has 1 aliphatic heterocycles. The molecule has 104 valence electrons. The van der Waals surface area contributed by atoms with Crippen molar-refractivity contribution in [3.05, 3.63) is 18.1 Å². The van der Waals surface area contributed by atoms with Gasteiger partial charge in [0.25, 0.3) is 0 Å². The Bertz CT molecular complexity index is 454. The molecule has 0 radical (unpaired) electrons. The van der Waals surface area contributed by atoms with E-state index in [1.165, 1.54) is 13.3 Å². The number of carbonyl (C=O) groups excluding carboxylic acids is 1. The van der Waals surface area contributed by atoms with Gasteiger partial charge in [0.2, 0.25) is 0 Å². The van der Waals surface area contributed by atoms with Gasteiger partial charge in [-0.15, -0.1) is 0 Å². The summed E-state index contributed by atoms with van der Waals surface area (Å²) in [6, 6.07) is 0. The molecule has 7 nitrogen and oxygen atoms in total. The van der Waals surface area contributed by atoms with Gasteiger partial charge in [-0.2, -0.15) is 0 Å². The lowest BCUT2D eigenvalue weighted by Crippen LogP contribution is -2.48. The van der Waals surface area contributed by atoms with E-state index < -0.39 is 5.97 Å². The number of rotatable bonds is 3. The Balaban J connectivity index is 2.18. The van der Waals surface area contributed by atoms with Crippen LogP contribution < -0.4 is 4.90 Å². The first kappa shape index (κ1) is 13.7. The molecule has 0 amide bonds. The van der Waals surface area contributed by atoms with Crippen LogP contribution in [0.25, 0.3) is 0 Å². The fraction of sp³-hybridized carbons (Fsp3) is 0.583. The topological polar surface area (TPSA) is 84.8 Å². The quantitative estimate of drug-likeness (QED) is 0.762. The monoisotopic (exact) mass is 267 g/mol. The molecule has 1 aromatic rings. The Morgan fingerprint density at radius 2 is 2.37 bits per heavy atom. The van der Waals surface area contributed by atoms with Crippen molar-refractivity contribution in [2.75, 3.05) is 31.7 Å². The molecule has 19 heavy (non-hydrogen) atoms. The molecule has 1 fully saturated rings. The third-order valence-corrected chi connectivity index (χ3v) is 2.87. The van der Waals surface area contributed by atoms with Crippen LogP contribution in [-0.4, -0.2) is 60.1 Å². The summed E-state index contributed by atoms with van der Waals surface area (Å²) in [5.41, 5.74) is 0.166. The molecule has 1 aliphatic rings. The van der Waals surface area contributed by atoms with Crippen LogP contribution in [0.4, 0.5) is 5.82 Å². The lowest BCUT2D eigenvalue weighted by atomic mass is 10.2. The predicted molar refractivity (Wildman–Crippen MR) is 67.0 cm³/mol. The number of hydrogen-bond donors (Lipinski definition) is 1. The average Bonchev–Trinajstić information content (AvgIpc) is 2.45. The van der Waals surface area contributed by atoms with Crippen molar-refractivity contribution in [3.63, 3.8) is 0 Å². The molecule has 7 heteroatoms. The van der Waals surface area contributed by atoms with Crippen LogP contribution in [0.1, 0.15) is 17.4 Å². The number of nitrogens with zero attached hydrogens (tertiary/aromatic N) is 3. The van der Waals surface area contributed by atoms with Crippen LogP contribution in [0.2, 0.25) is 0 Å². The Morgan fingerprint density at radius 1 is 1.58 bits per heavy atom. The third-order valence-electron chi connectivity index (χ3n) is 2.87. The van der Waals surface area contributed by atoms with Gasteiger partial charge >= 0.3 is 5.97 Å². The summed E-state index contributed by atoms with van der Waals surface area (Å²) < 4.78 is 10.2. The maximum Gasteiger partial charge on any atom is 0.358 e. The van der Waals surface area contributed by atoms with Gasteiger partial charge in [0, 0.05) is 13.1 Å². The number of ether oxygens (including phenoxy) is 2. The highest BCUT2D eigenvalue weighted by molar-refractivity contribution is 5.87. The number of anilines is 1. The molecule has 0 aliphatic carbocycles. The number of aliphatic hydroxyl groups is 1. The fourth-order valence-corrected chi connectivity index (χ4v) is 2.04. The Kier molecular flexibility index (Phi) is 4.28. The molecule has 0 spiro atoms. The number of methoxy groups -OCH3 is 1.